The number of fused-ring (bicyclic) bond motifs is 2. The fourth-order valence-corrected chi connectivity index (χ4v) is 4.60. The van der Waals surface area contributed by atoms with E-state index in [0.29, 0.717) is 36.4 Å². The molecule has 1 aliphatic carbocycles. The number of carbonyl (C=O) groups excluding carboxylic acids is 2. The van der Waals surface area contributed by atoms with Crippen molar-refractivity contribution in [2.75, 3.05) is 31.7 Å². The minimum atomic E-state index is -0.282. The number of anilines is 1. The van der Waals surface area contributed by atoms with Gasteiger partial charge in [0.2, 0.25) is 0 Å². The molecule has 2 N–H and O–H groups in total. The maximum absolute atomic E-state index is 12.9. The highest BCUT2D eigenvalue weighted by atomic mass is 16.5. The van der Waals surface area contributed by atoms with Crippen LogP contribution in [0.1, 0.15) is 74.5 Å². The summed E-state index contributed by atoms with van der Waals surface area (Å²) in [5.41, 5.74) is 5.09. The zero-order valence-corrected chi connectivity index (χ0v) is 22.3. The van der Waals surface area contributed by atoms with Gasteiger partial charge in [-0.25, -0.2) is 4.79 Å². The molecule has 0 fully saturated rings. The number of unbranched alkanes of at least 4 members (excludes halogenated alkanes) is 1. The van der Waals surface area contributed by atoms with Crippen molar-refractivity contribution in [3.05, 3.63) is 59.3 Å². The van der Waals surface area contributed by atoms with Crippen LogP contribution in [0, 0.1) is 0 Å². The fourth-order valence-electron chi connectivity index (χ4n) is 4.60. The molecule has 0 spiro atoms. The van der Waals surface area contributed by atoms with Gasteiger partial charge in [0.05, 0.1) is 36.7 Å². The molecule has 3 aromatic rings. The SMILES string of the molecule is CCCCOCCOCC(=O)n1ncc2c(NC(=O)NC3CCc4cc(C(C)(C)C)ccc43)cccc21. The van der Waals surface area contributed by atoms with Crippen LogP contribution in [0.4, 0.5) is 10.5 Å². The molecule has 0 radical (unpaired) electrons. The third-order valence-electron chi connectivity index (χ3n) is 6.73. The number of carbonyl (C=O) groups is 2. The topological polar surface area (TPSA) is 94.5 Å². The summed E-state index contributed by atoms with van der Waals surface area (Å²) in [6.07, 6.45) is 5.50. The number of urea groups is 1. The van der Waals surface area contributed by atoms with E-state index < -0.39 is 0 Å². The van der Waals surface area contributed by atoms with Gasteiger partial charge in [-0.3, -0.25) is 4.79 Å². The van der Waals surface area contributed by atoms with Crippen LogP contribution in [0.3, 0.4) is 0 Å². The second-order valence-corrected chi connectivity index (χ2v) is 10.6. The molecule has 198 valence electrons. The van der Waals surface area contributed by atoms with E-state index in [1.807, 2.05) is 0 Å². The van der Waals surface area contributed by atoms with E-state index in [-0.39, 0.29) is 30.0 Å². The first-order valence-electron chi connectivity index (χ1n) is 13.1. The summed E-state index contributed by atoms with van der Waals surface area (Å²) < 4.78 is 12.2. The van der Waals surface area contributed by atoms with Crippen molar-refractivity contribution >= 4 is 28.5 Å². The highest BCUT2D eigenvalue weighted by Gasteiger charge is 2.26. The Bertz CT molecular complexity index is 1240. The Balaban J connectivity index is 1.35. The van der Waals surface area contributed by atoms with E-state index in [4.69, 9.17) is 9.47 Å². The zero-order chi connectivity index (χ0) is 26.4. The molecule has 0 bridgehead atoms. The van der Waals surface area contributed by atoms with Crippen molar-refractivity contribution in [3.8, 4) is 0 Å². The van der Waals surface area contributed by atoms with Crippen molar-refractivity contribution in [3.63, 3.8) is 0 Å². The monoisotopic (exact) mass is 506 g/mol. The molecule has 1 aromatic heterocycles. The van der Waals surface area contributed by atoms with Crippen LogP contribution in [0.2, 0.25) is 0 Å². The first-order chi connectivity index (χ1) is 17.8. The molecule has 1 unspecified atom stereocenters. The molecule has 2 amide bonds. The number of hydrogen-bond donors (Lipinski definition) is 2. The minimum absolute atomic E-state index is 0.0318. The molecular weight excluding hydrogens is 468 g/mol. The van der Waals surface area contributed by atoms with Crippen LogP contribution in [-0.4, -0.2) is 48.1 Å². The van der Waals surface area contributed by atoms with E-state index in [9.17, 15) is 9.59 Å². The Kier molecular flexibility index (Phi) is 8.61. The smallest absolute Gasteiger partial charge is 0.319 e. The van der Waals surface area contributed by atoms with Crippen LogP contribution in [0.25, 0.3) is 10.9 Å². The Labute approximate surface area is 218 Å². The first kappa shape index (κ1) is 26.8. The average Bonchev–Trinajstić information content (AvgIpc) is 3.47. The van der Waals surface area contributed by atoms with Crippen molar-refractivity contribution in [1.82, 2.24) is 15.1 Å². The molecule has 0 saturated carbocycles. The third-order valence-corrected chi connectivity index (χ3v) is 6.73. The van der Waals surface area contributed by atoms with Gasteiger partial charge in [0, 0.05) is 12.0 Å². The molecule has 8 heteroatoms. The molecular formula is C29H38N4O4. The summed E-state index contributed by atoms with van der Waals surface area (Å²) in [5.74, 6) is -0.276. The lowest BCUT2D eigenvalue weighted by atomic mass is 9.85. The zero-order valence-electron chi connectivity index (χ0n) is 22.3. The Morgan fingerprint density at radius 2 is 1.92 bits per heavy atom. The van der Waals surface area contributed by atoms with E-state index in [1.54, 1.807) is 24.4 Å². The number of amides is 2. The van der Waals surface area contributed by atoms with Crippen molar-refractivity contribution in [1.29, 1.82) is 0 Å². The Morgan fingerprint density at radius 1 is 1.11 bits per heavy atom. The molecule has 4 rings (SSSR count). The third kappa shape index (κ3) is 6.56. The number of aryl methyl sites for hydroxylation is 1. The number of aromatic nitrogens is 2. The van der Waals surface area contributed by atoms with Gasteiger partial charge in [-0.15, -0.1) is 0 Å². The maximum atomic E-state index is 12.9. The summed E-state index contributed by atoms with van der Waals surface area (Å²) in [6.45, 7) is 10.2. The molecule has 37 heavy (non-hydrogen) atoms. The van der Waals surface area contributed by atoms with Crippen LogP contribution in [-0.2, 0) is 21.3 Å². The molecule has 2 aromatic carbocycles. The predicted molar refractivity (Wildman–Crippen MR) is 145 cm³/mol. The standard InChI is InChI=1S/C29H38N4O4/c1-5-6-14-36-15-16-37-19-27(34)33-26-9-7-8-24(23(26)18-30-33)31-28(35)32-25-13-10-20-17-21(29(2,3)4)11-12-22(20)25/h7-9,11-12,17-18,25H,5-6,10,13-16,19H2,1-4H3,(H2,31,32,35). The maximum Gasteiger partial charge on any atom is 0.319 e. The van der Waals surface area contributed by atoms with Gasteiger partial charge in [0.25, 0.3) is 5.91 Å². The van der Waals surface area contributed by atoms with Gasteiger partial charge in [-0.1, -0.05) is 58.4 Å². The van der Waals surface area contributed by atoms with Crippen LogP contribution < -0.4 is 10.6 Å². The number of rotatable bonds is 10. The lowest BCUT2D eigenvalue weighted by Gasteiger charge is -2.21. The van der Waals surface area contributed by atoms with Gasteiger partial charge < -0.3 is 20.1 Å². The van der Waals surface area contributed by atoms with E-state index in [2.05, 4.69) is 61.6 Å². The van der Waals surface area contributed by atoms with E-state index in [0.717, 1.165) is 25.7 Å². The van der Waals surface area contributed by atoms with E-state index in [1.165, 1.54) is 21.4 Å². The van der Waals surface area contributed by atoms with Crippen LogP contribution in [0.5, 0.6) is 0 Å². The van der Waals surface area contributed by atoms with E-state index >= 15 is 0 Å². The van der Waals surface area contributed by atoms with Gasteiger partial charge in [-0.2, -0.15) is 9.78 Å². The summed E-state index contributed by atoms with van der Waals surface area (Å²) in [4.78, 5) is 25.6. The quantitative estimate of drug-likeness (QED) is 0.348. The normalized spacial score (nSPS) is 15.1. The van der Waals surface area contributed by atoms with Crippen molar-refractivity contribution < 1.29 is 19.1 Å². The van der Waals surface area contributed by atoms with Crippen molar-refractivity contribution in [2.45, 2.75) is 64.8 Å². The van der Waals surface area contributed by atoms with Crippen LogP contribution in [0.15, 0.2) is 42.6 Å². The number of benzene rings is 2. The Morgan fingerprint density at radius 3 is 2.70 bits per heavy atom. The van der Waals surface area contributed by atoms with Crippen LogP contribution >= 0.6 is 0 Å². The van der Waals surface area contributed by atoms with Gasteiger partial charge in [0.1, 0.15) is 6.61 Å². The predicted octanol–water partition coefficient (Wildman–Crippen LogP) is 5.62. The summed E-state index contributed by atoms with van der Waals surface area (Å²) in [5, 5.41) is 11.0. The summed E-state index contributed by atoms with van der Waals surface area (Å²) in [7, 11) is 0. The fraction of sp³-hybridized carbons (Fsp3) is 0.483. The molecule has 0 saturated heterocycles. The lowest BCUT2D eigenvalue weighted by Crippen LogP contribution is -2.31. The molecule has 8 nitrogen and oxygen atoms in total. The molecule has 1 aliphatic rings. The second kappa shape index (κ2) is 11.9. The number of hydrogen-bond acceptors (Lipinski definition) is 5. The van der Waals surface area contributed by atoms with Gasteiger partial charge in [-0.05, 0) is 53.5 Å². The Hall–Kier alpha value is -3.23. The largest absolute Gasteiger partial charge is 0.379 e. The summed E-state index contributed by atoms with van der Waals surface area (Å²) >= 11 is 0. The molecule has 1 heterocycles. The number of nitrogens with one attached hydrogen (secondary N) is 2. The van der Waals surface area contributed by atoms with Crippen molar-refractivity contribution in [2.24, 2.45) is 0 Å². The first-order valence-corrected chi connectivity index (χ1v) is 13.1. The van der Waals surface area contributed by atoms with Gasteiger partial charge in [0.15, 0.2) is 0 Å². The molecule has 1 atom stereocenters. The second-order valence-electron chi connectivity index (χ2n) is 10.6. The summed E-state index contributed by atoms with van der Waals surface area (Å²) in [6, 6.07) is 11.7. The lowest BCUT2D eigenvalue weighted by molar-refractivity contribution is 0.0385. The van der Waals surface area contributed by atoms with Gasteiger partial charge >= 0.3 is 6.03 Å². The highest BCUT2D eigenvalue weighted by molar-refractivity contribution is 6.03. The minimum Gasteiger partial charge on any atom is -0.379 e. The number of ether oxygens (including phenoxy) is 2. The highest BCUT2D eigenvalue weighted by Crippen LogP contribution is 2.34. The average molecular weight is 507 g/mol. The molecule has 0 aliphatic heterocycles. The number of nitrogens with zero attached hydrogens (tertiary/aromatic N) is 2.